The number of hydrogen-bond donors (Lipinski definition) is 2. The van der Waals surface area contributed by atoms with Crippen LogP contribution in [0.5, 0.6) is 0 Å². The van der Waals surface area contributed by atoms with Crippen LogP contribution in [-0.2, 0) is 0 Å². The fourth-order valence-corrected chi connectivity index (χ4v) is 2.48. The van der Waals surface area contributed by atoms with Crippen molar-refractivity contribution in [1.29, 1.82) is 0 Å². The second kappa shape index (κ2) is 9.73. The molecule has 1 amide bonds. The average molecular weight is 348 g/mol. The molecule has 2 rings (SSSR count). The first-order valence-electron chi connectivity index (χ1n) is 6.16. The monoisotopic (exact) mass is 347 g/mol. The Morgan fingerprint density at radius 3 is 2.67 bits per heavy atom. The van der Waals surface area contributed by atoms with Crippen LogP contribution in [0.1, 0.15) is 16.1 Å². The van der Waals surface area contributed by atoms with Crippen molar-refractivity contribution in [1.82, 2.24) is 15.6 Å². The predicted molar refractivity (Wildman–Crippen MR) is 93.0 cm³/mol. The molecule has 0 aliphatic carbocycles. The summed E-state index contributed by atoms with van der Waals surface area (Å²) in [4.78, 5) is 16.4. The average Bonchev–Trinajstić information content (AvgIpc) is 2.86. The molecule has 0 spiro atoms. The van der Waals surface area contributed by atoms with Gasteiger partial charge in [0.05, 0.1) is 0 Å². The molecular weight excluding hydrogens is 329 g/mol. The Kier molecular flexibility index (Phi) is 9.21. The van der Waals surface area contributed by atoms with Crippen molar-refractivity contribution in [2.45, 2.75) is 6.92 Å². The van der Waals surface area contributed by atoms with Crippen molar-refractivity contribution in [3.05, 3.63) is 40.9 Å². The van der Waals surface area contributed by atoms with Crippen LogP contribution in [0.15, 0.2) is 29.6 Å². The molecular formula is C14H19Cl2N3OS. The van der Waals surface area contributed by atoms with Gasteiger partial charge in [-0.05, 0) is 26.1 Å². The molecule has 0 fully saturated rings. The molecule has 0 saturated heterocycles. The van der Waals surface area contributed by atoms with Crippen LogP contribution in [0.25, 0.3) is 10.6 Å². The molecule has 0 aliphatic rings. The van der Waals surface area contributed by atoms with Crippen molar-refractivity contribution in [3.63, 3.8) is 0 Å². The summed E-state index contributed by atoms with van der Waals surface area (Å²) in [6.45, 7) is 3.35. The Hall–Kier alpha value is -1.14. The van der Waals surface area contributed by atoms with Gasteiger partial charge in [0, 0.05) is 35.3 Å². The summed E-state index contributed by atoms with van der Waals surface area (Å²) >= 11 is 1.59. The second-order valence-electron chi connectivity index (χ2n) is 4.23. The van der Waals surface area contributed by atoms with Crippen LogP contribution >= 0.6 is 36.2 Å². The van der Waals surface area contributed by atoms with Crippen molar-refractivity contribution in [2.75, 3.05) is 20.1 Å². The molecule has 7 heteroatoms. The van der Waals surface area contributed by atoms with Crippen LogP contribution in [-0.4, -0.2) is 31.0 Å². The van der Waals surface area contributed by atoms with Crippen molar-refractivity contribution < 1.29 is 4.79 Å². The van der Waals surface area contributed by atoms with Crippen LogP contribution in [0.4, 0.5) is 0 Å². The Morgan fingerprint density at radius 2 is 2.05 bits per heavy atom. The quantitative estimate of drug-likeness (QED) is 0.817. The SMILES string of the molecule is CNCCNC(=O)c1cccc(-c2nc(C)cs2)c1.Cl.Cl. The highest BCUT2D eigenvalue weighted by Gasteiger charge is 2.08. The fourth-order valence-electron chi connectivity index (χ4n) is 1.68. The summed E-state index contributed by atoms with van der Waals surface area (Å²) in [5.41, 5.74) is 2.66. The smallest absolute Gasteiger partial charge is 0.251 e. The number of benzene rings is 1. The number of likely N-dealkylation sites (N-methyl/N-ethyl adjacent to an activating group) is 1. The molecule has 1 aromatic heterocycles. The first-order chi connectivity index (χ1) is 9.20. The number of rotatable bonds is 5. The Bertz CT molecular complexity index is 575. The molecule has 21 heavy (non-hydrogen) atoms. The number of thiazole rings is 1. The summed E-state index contributed by atoms with van der Waals surface area (Å²) in [5.74, 6) is -0.0506. The van der Waals surface area contributed by atoms with Crippen molar-refractivity contribution in [3.8, 4) is 10.6 Å². The van der Waals surface area contributed by atoms with Gasteiger partial charge in [-0.15, -0.1) is 36.2 Å². The maximum Gasteiger partial charge on any atom is 0.251 e. The normalized spacial score (nSPS) is 9.43. The molecule has 2 N–H and O–H groups in total. The lowest BCUT2D eigenvalue weighted by atomic mass is 10.1. The van der Waals surface area contributed by atoms with E-state index in [1.807, 2.05) is 43.6 Å². The Labute approximate surface area is 141 Å². The van der Waals surface area contributed by atoms with E-state index in [0.29, 0.717) is 12.1 Å². The van der Waals surface area contributed by atoms with E-state index in [4.69, 9.17) is 0 Å². The highest BCUT2D eigenvalue weighted by atomic mass is 35.5. The number of aryl methyl sites for hydroxylation is 1. The maximum absolute atomic E-state index is 12.0. The molecule has 0 aliphatic heterocycles. The van der Waals surface area contributed by atoms with Gasteiger partial charge in [-0.2, -0.15) is 0 Å². The number of amides is 1. The third kappa shape index (κ3) is 5.63. The van der Waals surface area contributed by atoms with Crippen LogP contribution in [0.2, 0.25) is 0 Å². The number of hydrogen-bond acceptors (Lipinski definition) is 4. The minimum absolute atomic E-state index is 0. The first kappa shape index (κ1) is 19.9. The van der Waals surface area contributed by atoms with Crippen molar-refractivity contribution in [2.24, 2.45) is 0 Å². The molecule has 0 atom stereocenters. The maximum atomic E-state index is 12.0. The summed E-state index contributed by atoms with van der Waals surface area (Å²) in [6.07, 6.45) is 0. The molecule has 1 heterocycles. The Morgan fingerprint density at radius 1 is 1.29 bits per heavy atom. The van der Waals surface area contributed by atoms with Crippen LogP contribution in [0.3, 0.4) is 0 Å². The molecule has 0 bridgehead atoms. The van der Waals surface area contributed by atoms with Gasteiger partial charge in [-0.3, -0.25) is 4.79 Å². The first-order valence-corrected chi connectivity index (χ1v) is 7.04. The number of aromatic nitrogens is 1. The molecule has 0 radical (unpaired) electrons. The lowest BCUT2D eigenvalue weighted by Gasteiger charge is -2.05. The zero-order chi connectivity index (χ0) is 13.7. The van der Waals surface area contributed by atoms with E-state index in [9.17, 15) is 4.79 Å². The van der Waals surface area contributed by atoms with Gasteiger partial charge >= 0.3 is 0 Å². The summed E-state index contributed by atoms with van der Waals surface area (Å²) in [7, 11) is 1.86. The van der Waals surface area contributed by atoms with Gasteiger partial charge in [0.15, 0.2) is 0 Å². The fraction of sp³-hybridized carbons (Fsp3) is 0.286. The van der Waals surface area contributed by atoms with E-state index in [1.165, 1.54) is 0 Å². The van der Waals surface area contributed by atoms with Gasteiger partial charge in [0.2, 0.25) is 0 Å². The summed E-state index contributed by atoms with van der Waals surface area (Å²) < 4.78 is 0. The summed E-state index contributed by atoms with van der Waals surface area (Å²) in [5, 5.41) is 8.81. The van der Waals surface area contributed by atoms with E-state index in [1.54, 1.807) is 11.3 Å². The van der Waals surface area contributed by atoms with E-state index in [0.717, 1.165) is 22.8 Å². The number of nitrogens with one attached hydrogen (secondary N) is 2. The predicted octanol–water partition coefficient (Wildman–Crippen LogP) is 2.91. The third-order valence-electron chi connectivity index (χ3n) is 2.65. The van der Waals surface area contributed by atoms with Crippen molar-refractivity contribution >= 4 is 42.1 Å². The van der Waals surface area contributed by atoms with Gasteiger partial charge in [0.25, 0.3) is 5.91 Å². The number of halogens is 2. The highest BCUT2D eigenvalue weighted by molar-refractivity contribution is 7.13. The standard InChI is InChI=1S/C14H17N3OS.2ClH/c1-10-9-19-14(17-10)12-5-3-4-11(8-12)13(18)16-7-6-15-2;;/h3-5,8-9,15H,6-7H2,1-2H3,(H,16,18);2*1H. The van der Waals surface area contributed by atoms with Crippen LogP contribution in [0, 0.1) is 6.92 Å². The second-order valence-corrected chi connectivity index (χ2v) is 5.09. The minimum Gasteiger partial charge on any atom is -0.351 e. The van der Waals surface area contributed by atoms with E-state index >= 15 is 0 Å². The van der Waals surface area contributed by atoms with Crippen LogP contribution < -0.4 is 10.6 Å². The highest BCUT2D eigenvalue weighted by Crippen LogP contribution is 2.24. The zero-order valence-electron chi connectivity index (χ0n) is 11.9. The van der Waals surface area contributed by atoms with E-state index in [2.05, 4.69) is 15.6 Å². The third-order valence-corrected chi connectivity index (χ3v) is 3.66. The van der Waals surface area contributed by atoms with Gasteiger partial charge in [0.1, 0.15) is 5.01 Å². The number of carbonyl (C=O) groups is 1. The van der Waals surface area contributed by atoms with Gasteiger partial charge < -0.3 is 10.6 Å². The molecule has 2 aromatic rings. The largest absolute Gasteiger partial charge is 0.351 e. The van der Waals surface area contributed by atoms with Gasteiger partial charge in [-0.25, -0.2) is 4.98 Å². The van der Waals surface area contributed by atoms with E-state index in [-0.39, 0.29) is 30.7 Å². The zero-order valence-corrected chi connectivity index (χ0v) is 14.3. The lowest BCUT2D eigenvalue weighted by molar-refractivity contribution is 0.0954. The Balaban J connectivity index is 0.00000200. The van der Waals surface area contributed by atoms with Gasteiger partial charge in [-0.1, -0.05) is 12.1 Å². The molecule has 4 nitrogen and oxygen atoms in total. The van der Waals surface area contributed by atoms with E-state index < -0.39 is 0 Å². The minimum atomic E-state index is -0.0506. The number of nitrogens with zero attached hydrogens (tertiary/aromatic N) is 1. The molecule has 116 valence electrons. The molecule has 0 saturated carbocycles. The summed E-state index contributed by atoms with van der Waals surface area (Å²) in [6, 6.07) is 7.56. The molecule has 0 unspecified atom stereocenters. The topological polar surface area (TPSA) is 54.0 Å². The number of carbonyl (C=O) groups excluding carboxylic acids is 1. The molecule has 1 aromatic carbocycles. The lowest BCUT2D eigenvalue weighted by Crippen LogP contribution is -2.30.